The Bertz CT molecular complexity index is 666. The van der Waals surface area contributed by atoms with Gasteiger partial charge in [0.05, 0.1) is 7.11 Å². The van der Waals surface area contributed by atoms with Crippen LogP contribution in [-0.4, -0.2) is 35.1 Å². The number of amidine groups is 1. The van der Waals surface area contributed by atoms with E-state index in [9.17, 15) is 9.59 Å². The number of nitrogens with one attached hydrogen (secondary N) is 2. The lowest BCUT2D eigenvalue weighted by atomic mass is 10.2. The predicted octanol–water partition coefficient (Wildman–Crippen LogP) is 1.68. The number of methoxy groups -OCH3 is 1. The molecule has 0 radical (unpaired) electrons. The molecule has 0 saturated carbocycles. The zero-order valence-corrected chi connectivity index (χ0v) is 14.6. The third-order valence-corrected chi connectivity index (χ3v) is 4.21. The zero-order chi connectivity index (χ0) is 17.5. The number of hydrogen-bond donors (Lipinski definition) is 2. The topological polar surface area (TPSA) is 92.2 Å². The lowest BCUT2D eigenvalue weighted by molar-refractivity contribution is -0.125. The van der Waals surface area contributed by atoms with Crippen molar-refractivity contribution >= 4 is 34.5 Å². The average molecular weight is 348 g/mol. The van der Waals surface area contributed by atoms with Crippen LogP contribution in [0.15, 0.2) is 34.5 Å². The molecule has 1 heterocycles. The van der Waals surface area contributed by atoms with Gasteiger partial charge in [-0.3, -0.25) is 9.59 Å². The first-order chi connectivity index (χ1) is 11.5. The smallest absolute Gasteiger partial charge is 0.240 e. The summed E-state index contributed by atoms with van der Waals surface area (Å²) in [6.07, 6.45) is 0.0977. The maximum Gasteiger partial charge on any atom is 0.240 e. The van der Waals surface area contributed by atoms with E-state index in [1.54, 1.807) is 7.11 Å². The molecule has 24 heavy (non-hydrogen) atoms. The van der Waals surface area contributed by atoms with Gasteiger partial charge in [0.1, 0.15) is 11.0 Å². The first-order valence-electron chi connectivity index (χ1n) is 7.44. The monoisotopic (exact) mass is 348 g/mol. The number of thioether (sulfide) groups is 1. The van der Waals surface area contributed by atoms with Crippen molar-refractivity contribution < 1.29 is 14.3 Å². The van der Waals surface area contributed by atoms with Crippen molar-refractivity contribution in [3.8, 4) is 5.75 Å². The van der Waals surface area contributed by atoms with Crippen molar-refractivity contribution in [2.24, 2.45) is 10.2 Å². The molecule has 1 fully saturated rings. The number of carbonyl (C=O) groups excluding carboxylic acids is 2. The van der Waals surface area contributed by atoms with E-state index < -0.39 is 5.25 Å². The van der Waals surface area contributed by atoms with Gasteiger partial charge in [0, 0.05) is 18.7 Å². The Hall–Kier alpha value is -2.35. The van der Waals surface area contributed by atoms with Crippen LogP contribution in [0.2, 0.25) is 0 Å². The van der Waals surface area contributed by atoms with Crippen molar-refractivity contribution in [1.29, 1.82) is 0 Å². The molecule has 1 saturated heterocycles. The Kier molecular flexibility index (Phi) is 6.36. The number of rotatable bonds is 6. The normalized spacial score (nSPS) is 18.2. The van der Waals surface area contributed by atoms with Gasteiger partial charge >= 0.3 is 0 Å². The molecule has 0 spiro atoms. The fourth-order valence-corrected chi connectivity index (χ4v) is 2.83. The number of carbonyl (C=O) groups is 2. The SMILES string of the molecule is COc1ccc(CNC(=O)C[C@@H]2S/C(=N/N=C(C)C)NC2=O)cc1. The number of hydrogen-bond acceptors (Lipinski definition) is 6. The summed E-state index contributed by atoms with van der Waals surface area (Å²) < 4.78 is 5.08. The molecule has 1 atom stereocenters. The Morgan fingerprint density at radius 1 is 1.33 bits per heavy atom. The maximum atomic E-state index is 12.0. The molecule has 1 aromatic carbocycles. The lowest BCUT2D eigenvalue weighted by Crippen LogP contribution is -2.31. The van der Waals surface area contributed by atoms with Crippen molar-refractivity contribution in [3.05, 3.63) is 29.8 Å². The van der Waals surface area contributed by atoms with E-state index in [4.69, 9.17) is 4.74 Å². The molecule has 0 aromatic heterocycles. The predicted molar refractivity (Wildman–Crippen MR) is 95.2 cm³/mol. The standard InChI is InChI=1S/C16H20N4O3S/c1-10(2)19-20-16-18-15(22)13(24-16)8-14(21)17-9-11-4-6-12(23-3)7-5-11/h4-7,13H,8-9H2,1-3H3,(H,17,21)(H,18,20,22)/t13-/m0/s1. The van der Waals surface area contributed by atoms with Gasteiger partial charge < -0.3 is 15.4 Å². The molecule has 128 valence electrons. The largest absolute Gasteiger partial charge is 0.497 e. The summed E-state index contributed by atoms with van der Waals surface area (Å²) in [6, 6.07) is 7.43. The molecule has 1 aliphatic heterocycles. The third kappa shape index (κ3) is 5.38. The summed E-state index contributed by atoms with van der Waals surface area (Å²) in [6.45, 7) is 4.04. The van der Waals surface area contributed by atoms with Crippen LogP contribution >= 0.6 is 11.8 Å². The van der Waals surface area contributed by atoms with Gasteiger partial charge in [-0.2, -0.15) is 5.10 Å². The fraction of sp³-hybridized carbons (Fsp3) is 0.375. The van der Waals surface area contributed by atoms with Crippen LogP contribution in [0, 0.1) is 0 Å². The molecule has 0 unspecified atom stereocenters. The van der Waals surface area contributed by atoms with Gasteiger partial charge in [-0.15, -0.1) is 5.10 Å². The molecule has 8 heteroatoms. The molecular formula is C16H20N4O3S. The van der Waals surface area contributed by atoms with Gasteiger partial charge in [-0.25, -0.2) is 0 Å². The first kappa shape index (κ1) is 18.0. The molecular weight excluding hydrogens is 328 g/mol. The molecule has 1 aliphatic rings. The van der Waals surface area contributed by atoms with Gasteiger partial charge in [0.25, 0.3) is 0 Å². The van der Waals surface area contributed by atoms with Crippen LogP contribution in [0.3, 0.4) is 0 Å². The van der Waals surface area contributed by atoms with Crippen LogP contribution in [0.25, 0.3) is 0 Å². The highest BCUT2D eigenvalue weighted by Gasteiger charge is 2.32. The third-order valence-electron chi connectivity index (χ3n) is 3.14. The molecule has 2 amide bonds. The molecule has 2 N–H and O–H groups in total. The second-order valence-electron chi connectivity index (χ2n) is 5.38. The van der Waals surface area contributed by atoms with Crippen molar-refractivity contribution in [2.45, 2.75) is 32.1 Å². The van der Waals surface area contributed by atoms with E-state index >= 15 is 0 Å². The van der Waals surface area contributed by atoms with Crippen molar-refractivity contribution in [3.63, 3.8) is 0 Å². The Balaban J connectivity index is 1.82. The summed E-state index contributed by atoms with van der Waals surface area (Å²) in [5.74, 6) is 0.359. The summed E-state index contributed by atoms with van der Waals surface area (Å²) in [4.78, 5) is 23.9. The van der Waals surface area contributed by atoms with Gasteiger partial charge in [0.2, 0.25) is 11.8 Å². The second kappa shape index (κ2) is 8.49. The second-order valence-corrected chi connectivity index (χ2v) is 6.57. The number of nitrogens with zero attached hydrogens (tertiary/aromatic N) is 2. The van der Waals surface area contributed by atoms with E-state index in [-0.39, 0.29) is 18.2 Å². The van der Waals surface area contributed by atoms with E-state index in [0.29, 0.717) is 11.7 Å². The van der Waals surface area contributed by atoms with Gasteiger partial charge in [-0.1, -0.05) is 23.9 Å². The quantitative estimate of drug-likeness (QED) is 0.604. The van der Waals surface area contributed by atoms with Crippen LogP contribution in [0.4, 0.5) is 0 Å². The zero-order valence-electron chi connectivity index (χ0n) is 13.8. The minimum Gasteiger partial charge on any atom is -0.497 e. The number of amides is 2. The van der Waals surface area contributed by atoms with Gasteiger partial charge in [0.15, 0.2) is 5.17 Å². The fourth-order valence-electron chi connectivity index (χ4n) is 1.92. The molecule has 0 bridgehead atoms. The van der Waals surface area contributed by atoms with E-state index in [0.717, 1.165) is 17.0 Å². The highest BCUT2D eigenvalue weighted by atomic mass is 32.2. The summed E-state index contributed by atoms with van der Waals surface area (Å²) in [5, 5.41) is 13.2. The van der Waals surface area contributed by atoms with Crippen molar-refractivity contribution in [1.82, 2.24) is 10.6 Å². The van der Waals surface area contributed by atoms with E-state index in [1.807, 2.05) is 38.1 Å². The van der Waals surface area contributed by atoms with Gasteiger partial charge in [-0.05, 0) is 31.5 Å². The average Bonchev–Trinajstić information content (AvgIpc) is 2.91. The summed E-state index contributed by atoms with van der Waals surface area (Å²) >= 11 is 1.22. The Labute approximate surface area is 144 Å². The highest BCUT2D eigenvalue weighted by molar-refractivity contribution is 8.15. The minimum absolute atomic E-state index is 0.0977. The highest BCUT2D eigenvalue weighted by Crippen LogP contribution is 2.22. The van der Waals surface area contributed by atoms with E-state index in [2.05, 4.69) is 20.8 Å². The minimum atomic E-state index is -0.480. The maximum absolute atomic E-state index is 12.0. The Morgan fingerprint density at radius 2 is 2.04 bits per heavy atom. The number of ether oxygens (including phenoxy) is 1. The number of benzene rings is 1. The Morgan fingerprint density at radius 3 is 2.67 bits per heavy atom. The summed E-state index contributed by atoms with van der Waals surface area (Å²) in [5.41, 5.74) is 1.75. The molecule has 0 aliphatic carbocycles. The first-order valence-corrected chi connectivity index (χ1v) is 8.32. The molecule has 1 aromatic rings. The molecule has 2 rings (SSSR count). The van der Waals surface area contributed by atoms with Crippen LogP contribution in [0.1, 0.15) is 25.8 Å². The van der Waals surface area contributed by atoms with Crippen LogP contribution < -0.4 is 15.4 Å². The van der Waals surface area contributed by atoms with Crippen LogP contribution in [-0.2, 0) is 16.1 Å². The van der Waals surface area contributed by atoms with Crippen molar-refractivity contribution in [2.75, 3.05) is 7.11 Å². The van der Waals surface area contributed by atoms with E-state index in [1.165, 1.54) is 11.8 Å². The summed E-state index contributed by atoms with van der Waals surface area (Å²) in [7, 11) is 1.60. The van der Waals surface area contributed by atoms with Crippen LogP contribution in [0.5, 0.6) is 5.75 Å². The molecule has 7 nitrogen and oxygen atoms in total. The lowest BCUT2D eigenvalue weighted by Gasteiger charge is -2.08.